The number of unbranched alkanes of at least 4 members (excludes halogenated alkanes) is 2. The van der Waals surface area contributed by atoms with Gasteiger partial charge in [0, 0.05) is 0 Å². The quantitative estimate of drug-likeness (QED) is 0.404. The van der Waals surface area contributed by atoms with E-state index in [1.165, 1.54) is 13.4 Å². The number of aryl methyl sites for hydroxylation is 1. The summed E-state index contributed by atoms with van der Waals surface area (Å²) in [6.45, 7) is 4.05. The van der Waals surface area contributed by atoms with E-state index in [2.05, 4.69) is 11.6 Å². The largest absolute Gasteiger partial charge is 0.467 e. The second kappa shape index (κ2) is 10.1. The first-order valence-electron chi connectivity index (χ1n) is 8.63. The second-order valence-electron chi connectivity index (χ2n) is 5.94. The zero-order valence-corrected chi connectivity index (χ0v) is 16.2. The molecule has 6 heteroatoms. The molecule has 2 aromatic rings. The molecule has 1 aromatic carbocycles. The Hall–Kier alpha value is -2.18. The third-order valence-electron chi connectivity index (χ3n) is 3.94. The number of allylic oxidation sites excluding steroid dienone is 1. The highest BCUT2D eigenvalue weighted by atomic mass is 32.2. The molecule has 1 N–H and O–H groups in total. The van der Waals surface area contributed by atoms with Crippen LogP contribution in [0.25, 0.3) is 0 Å². The summed E-state index contributed by atoms with van der Waals surface area (Å²) in [4.78, 5) is 13.0. The Morgan fingerprint density at radius 3 is 2.62 bits per heavy atom. The van der Waals surface area contributed by atoms with Gasteiger partial charge in [-0.25, -0.2) is 13.7 Å². The van der Waals surface area contributed by atoms with Crippen molar-refractivity contribution in [3.63, 3.8) is 0 Å². The van der Waals surface area contributed by atoms with Gasteiger partial charge in [-0.3, -0.25) is 0 Å². The Morgan fingerprint density at radius 2 is 2.04 bits per heavy atom. The van der Waals surface area contributed by atoms with E-state index in [9.17, 15) is 9.00 Å². The number of hydrogen-bond donors (Lipinski definition) is 1. The van der Waals surface area contributed by atoms with Gasteiger partial charge in [-0.1, -0.05) is 43.5 Å². The van der Waals surface area contributed by atoms with Crippen LogP contribution in [0.3, 0.4) is 0 Å². The number of carbonyl (C=O) groups excluding carboxylic acids is 1. The molecule has 0 amide bonds. The van der Waals surface area contributed by atoms with Crippen LogP contribution in [-0.2, 0) is 20.5 Å². The maximum absolute atomic E-state index is 12.8. The maximum Gasteiger partial charge on any atom is 0.335 e. The Labute approximate surface area is 157 Å². The fraction of sp³-hybridized carbons (Fsp3) is 0.350. The topological polar surface area (TPSA) is 68.5 Å². The number of carbonyl (C=O) groups is 1. The number of ether oxygens (including phenoxy) is 1. The van der Waals surface area contributed by atoms with Crippen LogP contribution in [0.4, 0.5) is 0 Å². The van der Waals surface area contributed by atoms with Crippen LogP contribution in [0.5, 0.6) is 0 Å². The van der Waals surface area contributed by atoms with Crippen molar-refractivity contribution in [1.82, 2.24) is 4.72 Å². The lowest BCUT2D eigenvalue weighted by molar-refractivity contribution is -0.136. The third kappa shape index (κ3) is 5.41. The van der Waals surface area contributed by atoms with E-state index in [4.69, 9.17) is 9.15 Å². The minimum absolute atomic E-state index is 0.399. The lowest BCUT2D eigenvalue weighted by Crippen LogP contribution is -2.28. The molecule has 1 unspecified atom stereocenters. The zero-order valence-electron chi connectivity index (χ0n) is 15.4. The van der Waals surface area contributed by atoms with Crippen molar-refractivity contribution in [1.29, 1.82) is 0 Å². The Balaban J connectivity index is 2.32. The van der Waals surface area contributed by atoms with Gasteiger partial charge in [-0.05, 0) is 37.6 Å². The van der Waals surface area contributed by atoms with Gasteiger partial charge in [0.25, 0.3) is 0 Å². The lowest BCUT2D eigenvalue weighted by atomic mass is 10.0. The SMILES string of the molecule is CCCC/C=C(\C(=O)OC)[C@@H](NS(=O)c1ccc(C)cc1)c1ccco1. The summed E-state index contributed by atoms with van der Waals surface area (Å²) in [5, 5.41) is 0. The highest BCUT2D eigenvalue weighted by Gasteiger charge is 2.27. The first kappa shape index (κ1) is 20.1. The molecule has 0 bridgehead atoms. The monoisotopic (exact) mass is 375 g/mol. The number of benzene rings is 1. The zero-order chi connectivity index (χ0) is 18.9. The van der Waals surface area contributed by atoms with E-state index in [0.29, 0.717) is 16.2 Å². The molecule has 26 heavy (non-hydrogen) atoms. The number of hydrogen-bond acceptors (Lipinski definition) is 4. The molecule has 0 saturated heterocycles. The Bertz CT molecular complexity index is 751. The van der Waals surface area contributed by atoms with Gasteiger partial charge >= 0.3 is 5.97 Å². The number of methoxy groups -OCH3 is 1. The summed E-state index contributed by atoms with van der Waals surface area (Å²) in [6, 6.07) is 10.2. The average molecular weight is 375 g/mol. The number of rotatable bonds is 9. The molecule has 0 aliphatic rings. The molecular weight excluding hydrogens is 350 g/mol. The molecule has 5 nitrogen and oxygen atoms in total. The lowest BCUT2D eigenvalue weighted by Gasteiger charge is -2.18. The summed E-state index contributed by atoms with van der Waals surface area (Å²) in [7, 11) is -0.172. The predicted molar refractivity (Wildman–Crippen MR) is 102 cm³/mol. The first-order valence-corrected chi connectivity index (χ1v) is 9.78. The van der Waals surface area contributed by atoms with Crippen LogP contribution in [-0.4, -0.2) is 17.3 Å². The van der Waals surface area contributed by atoms with Gasteiger partial charge < -0.3 is 9.15 Å². The molecule has 0 fully saturated rings. The van der Waals surface area contributed by atoms with Gasteiger partial charge in [-0.15, -0.1) is 0 Å². The summed E-state index contributed by atoms with van der Waals surface area (Å²) < 4.78 is 26.2. The van der Waals surface area contributed by atoms with E-state index < -0.39 is 23.0 Å². The first-order chi connectivity index (χ1) is 12.6. The van der Waals surface area contributed by atoms with E-state index in [0.717, 1.165) is 24.8 Å². The molecule has 2 rings (SSSR count). The number of esters is 1. The van der Waals surface area contributed by atoms with Gasteiger partial charge in [0.2, 0.25) is 0 Å². The van der Waals surface area contributed by atoms with Crippen molar-refractivity contribution in [3.8, 4) is 0 Å². The highest BCUT2D eigenvalue weighted by molar-refractivity contribution is 7.83. The molecule has 0 spiro atoms. The van der Waals surface area contributed by atoms with Crippen molar-refractivity contribution in [2.45, 2.75) is 44.0 Å². The van der Waals surface area contributed by atoms with Crippen molar-refractivity contribution in [3.05, 3.63) is 65.6 Å². The van der Waals surface area contributed by atoms with Crippen LogP contribution in [0.15, 0.2) is 63.6 Å². The summed E-state index contributed by atoms with van der Waals surface area (Å²) in [5.74, 6) is 0.0505. The number of furan rings is 1. The van der Waals surface area contributed by atoms with E-state index in [1.807, 2.05) is 25.1 Å². The van der Waals surface area contributed by atoms with Crippen LogP contribution in [0.2, 0.25) is 0 Å². The van der Waals surface area contributed by atoms with Gasteiger partial charge in [0.15, 0.2) is 0 Å². The molecule has 1 aromatic heterocycles. The average Bonchev–Trinajstić information content (AvgIpc) is 3.18. The minimum atomic E-state index is -1.51. The van der Waals surface area contributed by atoms with Crippen LogP contribution in [0.1, 0.15) is 43.6 Å². The van der Waals surface area contributed by atoms with Crippen LogP contribution >= 0.6 is 0 Å². The van der Waals surface area contributed by atoms with Crippen molar-refractivity contribution in [2.75, 3.05) is 7.11 Å². The van der Waals surface area contributed by atoms with Crippen molar-refractivity contribution in [2.24, 2.45) is 0 Å². The van der Waals surface area contributed by atoms with E-state index >= 15 is 0 Å². The van der Waals surface area contributed by atoms with Gasteiger partial charge in [0.1, 0.15) is 22.8 Å². The molecule has 2 atom stereocenters. The van der Waals surface area contributed by atoms with Crippen LogP contribution in [0, 0.1) is 6.92 Å². The third-order valence-corrected chi connectivity index (χ3v) is 5.09. The molecule has 0 aliphatic heterocycles. The standard InChI is InChI=1S/C20H25NO4S/c1-4-5-6-8-17(20(22)24-3)19(18-9-7-14-25-18)21-26(23)16-12-10-15(2)11-13-16/h7-14,19,21H,4-6H2,1-3H3/b17-8-/t19-,26?/m1/s1. The highest BCUT2D eigenvalue weighted by Crippen LogP contribution is 2.26. The fourth-order valence-corrected chi connectivity index (χ4v) is 3.44. The summed E-state index contributed by atoms with van der Waals surface area (Å²) >= 11 is 0. The molecule has 140 valence electrons. The molecule has 0 aliphatic carbocycles. The molecule has 0 saturated carbocycles. The summed E-state index contributed by atoms with van der Waals surface area (Å²) in [6.07, 6.45) is 6.06. The fourth-order valence-electron chi connectivity index (χ4n) is 2.47. The summed E-state index contributed by atoms with van der Waals surface area (Å²) in [5.41, 5.74) is 1.49. The van der Waals surface area contributed by atoms with Gasteiger partial charge in [-0.2, -0.15) is 0 Å². The second-order valence-corrected chi connectivity index (χ2v) is 7.19. The molecule has 1 heterocycles. The smallest absolute Gasteiger partial charge is 0.335 e. The maximum atomic E-state index is 12.8. The van der Waals surface area contributed by atoms with E-state index in [1.54, 1.807) is 24.3 Å². The predicted octanol–water partition coefficient (Wildman–Crippen LogP) is 4.23. The molecular formula is C20H25NO4S. The minimum Gasteiger partial charge on any atom is -0.467 e. The number of nitrogens with one attached hydrogen (secondary N) is 1. The normalized spacial score (nSPS) is 14.0. The van der Waals surface area contributed by atoms with E-state index in [-0.39, 0.29) is 0 Å². The van der Waals surface area contributed by atoms with Crippen molar-refractivity contribution < 1.29 is 18.2 Å². The van der Waals surface area contributed by atoms with Crippen molar-refractivity contribution >= 4 is 17.0 Å². The Kier molecular flexibility index (Phi) is 7.81. The molecule has 0 radical (unpaired) electrons. The Morgan fingerprint density at radius 1 is 1.31 bits per heavy atom. The van der Waals surface area contributed by atoms with Gasteiger partial charge in [0.05, 0.1) is 23.8 Å². The van der Waals surface area contributed by atoms with Crippen LogP contribution < -0.4 is 4.72 Å².